The lowest BCUT2D eigenvalue weighted by molar-refractivity contribution is 0.0601. The highest BCUT2D eigenvalue weighted by Crippen LogP contribution is 2.27. The molecule has 4 rings (SSSR count). The van der Waals surface area contributed by atoms with Gasteiger partial charge in [-0.2, -0.15) is 0 Å². The van der Waals surface area contributed by atoms with E-state index >= 15 is 0 Å². The van der Waals surface area contributed by atoms with Crippen LogP contribution in [0, 0.1) is 5.82 Å². The summed E-state index contributed by atoms with van der Waals surface area (Å²) in [6.45, 7) is 2.60. The minimum atomic E-state index is -0.527. The Kier molecular flexibility index (Phi) is 4.08. The van der Waals surface area contributed by atoms with Crippen LogP contribution in [0.15, 0.2) is 42.5 Å². The first-order valence-electron chi connectivity index (χ1n) is 8.16. The normalized spacial score (nSPS) is 13.0. The molecule has 1 aliphatic heterocycles. The van der Waals surface area contributed by atoms with Crippen LogP contribution in [0.25, 0.3) is 10.9 Å². The first-order valence-corrected chi connectivity index (χ1v) is 8.16. The second kappa shape index (κ2) is 6.42. The van der Waals surface area contributed by atoms with Crippen molar-refractivity contribution < 1.29 is 23.3 Å². The van der Waals surface area contributed by atoms with Crippen LogP contribution in [0.4, 0.5) is 4.39 Å². The molecular formula is C19H15BFNO4. The molecule has 0 amide bonds. The number of ether oxygens (including phenoxy) is 2. The Bertz CT molecular complexity index is 1020. The summed E-state index contributed by atoms with van der Waals surface area (Å²) < 4.78 is 30.4. The van der Waals surface area contributed by atoms with E-state index in [4.69, 9.17) is 9.39 Å². The Morgan fingerprint density at radius 3 is 2.88 bits per heavy atom. The molecule has 0 bridgehead atoms. The second-order valence-corrected chi connectivity index (χ2v) is 6.08. The van der Waals surface area contributed by atoms with Crippen molar-refractivity contribution in [2.75, 3.05) is 7.11 Å². The molecule has 0 atom stereocenters. The maximum Gasteiger partial charge on any atom is 0.337 e. The van der Waals surface area contributed by atoms with Gasteiger partial charge in [0.25, 0.3) is 0 Å². The van der Waals surface area contributed by atoms with E-state index in [1.54, 1.807) is 12.1 Å². The molecule has 0 aliphatic carbocycles. The Morgan fingerprint density at radius 1 is 1.23 bits per heavy atom. The molecule has 0 unspecified atom stereocenters. The lowest BCUT2D eigenvalue weighted by atomic mass is 9.64. The number of nitrogens with zero attached hydrogens (tertiary/aromatic N) is 1. The Hall–Kier alpha value is -2.93. The van der Waals surface area contributed by atoms with E-state index in [9.17, 15) is 9.18 Å². The van der Waals surface area contributed by atoms with Gasteiger partial charge >= 0.3 is 12.9 Å². The van der Waals surface area contributed by atoms with Gasteiger partial charge in [0.1, 0.15) is 11.6 Å². The van der Waals surface area contributed by atoms with E-state index in [-0.39, 0.29) is 23.7 Å². The molecule has 0 spiro atoms. The predicted molar refractivity (Wildman–Crippen MR) is 95.6 cm³/mol. The van der Waals surface area contributed by atoms with E-state index in [1.165, 1.54) is 19.2 Å². The highest BCUT2D eigenvalue weighted by Gasteiger charge is 2.23. The third kappa shape index (κ3) is 2.90. The molecule has 26 heavy (non-hydrogen) atoms. The topological polar surface area (TPSA) is 57.7 Å². The van der Waals surface area contributed by atoms with Gasteiger partial charge in [0.15, 0.2) is 0 Å². The first-order chi connectivity index (χ1) is 12.5. The first kappa shape index (κ1) is 16.5. The summed E-state index contributed by atoms with van der Waals surface area (Å²) in [4.78, 5) is 15.9. The maximum atomic E-state index is 14.5. The zero-order valence-electron chi connectivity index (χ0n) is 14.3. The molecule has 0 saturated carbocycles. The fourth-order valence-electron chi connectivity index (χ4n) is 3.05. The summed E-state index contributed by atoms with van der Waals surface area (Å²) in [6.07, 6.45) is 0. The molecule has 0 fully saturated rings. The molecule has 2 heterocycles. The molecule has 3 aromatic rings. The van der Waals surface area contributed by atoms with Crippen molar-refractivity contribution in [3.8, 4) is 11.6 Å². The SMILES string of the molecule is COC(=O)c1ccc2nc(Oc3ccc4c(c3)COB4C)cc(F)c2c1. The average Bonchev–Trinajstić information content (AvgIpc) is 3.01. The minimum absolute atomic E-state index is 0.0688. The van der Waals surface area contributed by atoms with Crippen molar-refractivity contribution in [2.45, 2.75) is 13.4 Å². The molecule has 5 nitrogen and oxygen atoms in total. The van der Waals surface area contributed by atoms with E-state index in [0.29, 0.717) is 17.9 Å². The third-order valence-electron chi connectivity index (χ3n) is 4.42. The third-order valence-corrected chi connectivity index (χ3v) is 4.42. The number of hydrogen-bond donors (Lipinski definition) is 0. The zero-order valence-corrected chi connectivity index (χ0v) is 14.3. The lowest BCUT2D eigenvalue weighted by Gasteiger charge is -2.09. The summed E-state index contributed by atoms with van der Waals surface area (Å²) in [5.41, 5.74) is 2.84. The monoisotopic (exact) mass is 351 g/mol. The van der Waals surface area contributed by atoms with Gasteiger partial charge in [-0.25, -0.2) is 14.2 Å². The van der Waals surface area contributed by atoms with Crippen LogP contribution in [-0.4, -0.2) is 25.0 Å². The van der Waals surface area contributed by atoms with Crippen molar-refractivity contribution in [2.24, 2.45) is 0 Å². The summed E-state index contributed by atoms with van der Waals surface area (Å²) in [6, 6.07) is 11.4. The van der Waals surface area contributed by atoms with Crippen molar-refractivity contribution in [1.29, 1.82) is 0 Å². The molecule has 130 valence electrons. The summed E-state index contributed by atoms with van der Waals surface area (Å²) in [5, 5.41) is 0.233. The molecule has 1 aromatic heterocycles. The molecule has 0 radical (unpaired) electrons. The van der Waals surface area contributed by atoms with Crippen LogP contribution in [0.5, 0.6) is 11.6 Å². The van der Waals surface area contributed by atoms with Crippen molar-refractivity contribution >= 4 is 29.3 Å². The van der Waals surface area contributed by atoms with Gasteiger partial charge in [0.2, 0.25) is 5.88 Å². The van der Waals surface area contributed by atoms with Crippen LogP contribution in [0.3, 0.4) is 0 Å². The standard InChI is InChI=1S/C19H15BFNO4/c1-20-15-5-4-13(7-12(15)10-25-20)26-18-9-16(21)14-8-11(19(23)24-2)3-6-17(14)22-18/h3-9H,10H2,1-2H3. The van der Waals surface area contributed by atoms with Crippen molar-refractivity contribution in [3.05, 3.63) is 59.4 Å². The highest BCUT2D eigenvalue weighted by molar-refractivity contribution is 6.67. The van der Waals surface area contributed by atoms with Gasteiger partial charge in [0, 0.05) is 11.5 Å². The van der Waals surface area contributed by atoms with Gasteiger partial charge in [-0.05, 0) is 41.4 Å². The van der Waals surface area contributed by atoms with Crippen LogP contribution >= 0.6 is 0 Å². The number of carbonyl (C=O) groups excluding carboxylic acids is 1. The second-order valence-electron chi connectivity index (χ2n) is 6.08. The molecule has 1 aliphatic rings. The number of aromatic nitrogens is 1. The van der Waals surface area contributed by atoms with E-state index < -0.39 is 11.8 Å². The predicted octanol–water partition coefficient (Wildman–Crippen LogP) is 3.31. The molecule has 0 saturated heterocycles. The maximum absolute atomic E-state index is 14.5. The van der Waals surface area contributed by atoms with Crippen LogP contribution in [-0.2, 0) is 16.0 Å². The molecular weight excluding hydrogens is 336 g/mol. The largest absolute Gasteiger partial charge is 0.465 e. The van der Waals surface area contributed by atoms with Crippen LogP contribution < -0.4 is 10.2 Å². The quantitative estimate of drug-likeness (QED) is 0.535. The van der Waals surface area contributed by atoms with Crippen molar-refractivity contribution in [3.63, 3.8) is 0 Å². The highest BCUT2D eigenvalue weighted by atomic mass is 19.1. The number of fused-ring (bicyclic) bond motifs is 2. The lowest BCUT2D eigenvalue weighted by Crippen LogP contribution is -2.23. The van der Waals surface area contributed by atoms with E-state index in [2.05, 4.69) is 9.72 Å². The summed E-state index contributed by atoms with van der Waals surface area (Å²) in [5.74, 6) is -0.332. The van der Waals surface area contributed by atoms with Crippen LogP contribution in [0.1, 0.15) is 15.9 Å². The number of rotatable bonds is 3. The number of pyridine rings is 1. The summed E-state index contributed by atoms with van der Waals surface area (Å²) in [7, 11) is 1.28. The number of halogens is 1. The fraction of sp³-hybridized carbons (Fsp3) is 0.158. The smallest absolute Gasteiger partial charge is 0.337 e. The van der Waals surface area contributed by atoms with Gasteiger partial charge in [0.05, 0.1) is 24.8 Å². The molecule has 7 heteroatoms. The van der Waals surface area contributed by atoms with Gasteiger partial charge in [-0.1, -0.05) is 12.9 Å². The number of esters is 1. The zero-order chi connectivity index (χ0) is 18.3. The van der Waals surface area contributed by atoms with Gasteiger partial charge in [-0.3, -0.25) is 0 Å². The van der Waals surface area contributed by atoms with Gasteiger partial charge < -0.3 is 14.1 Å². The minimum Gasteiger partial charge on any atom is -0.465 e. The fourth-order valence-corrected chi connectivity index (χ4v) is 3.05. The van der Waals surface area contributed by atoms with Crippen molar-refractivity contribution in [1.82, 2.24) is 4.98 Å². The summed E-state index contributed by atoms with van der Waals surface area (Å²) >= 11 is 0. The Morgan fingerprint density at radius 2 is 2.08 bits per heavy atom. The average molecular weight is 351 g/mol. The Balaban J connectivity index is 1.66. The van der Waals surface area contributed by atoms with E-state index in [1.807, 2.05) is 25.0 Å². The number of benzene rings is 2. The van der Waals surface area contributed by atoms with Gasteiger partial charge in [-0.15, -0.1) is 0 Å². The molecule has 2 aromatic carbocycles. The van der Waals surface area contributed by atoms with Crippen LogP contribution in [0.2, 0.25) is 6.82 Å². The van der Waals surface area contributed by atoms with E-state index in [0.717, 1.165) is 11.0 Å². The number of methoxy groups -OCH3 is 1. The molecule has 0 N–H and O–H groups in total. The number of hydrogen-bond acceptors (Lipinski definition) is 5. The Labute approximate surface area is 149 Å². The number of carbonyl (C=O) groups is 1.